The normalized spacial score (nSPS) is 17.2. The third-order valence-electron chi connectivity index (χ3n) is 4.22. The van der Waals surface area contributed by atoms with Crippen LogP contribution in [-0.4, -0.2) is 23.3 Å². The molecule has 0 bridgehead atoms. The Bertz CT molecular complexity index is 763. The van der Waals surface area contributed by atoms with Crippen molar-refractivity contribution >= 4 is 23.2 Å². The number of amides is 2. The molecule has 0 saturated carbocycles. The van der Waals surface area contributed by atoms with Crippen LogP contribution in [-0.2, 0) is 9.59 Å². The number of aryl methyl sites for hydroxylation is 3. The van der Waals surface area contributed by atoms with Crippen LogP contribution in [0.4, 0.5) is 11.4 Å². The highest BCUT2D eigenvalue weighted by Crippen LogP contribution is 2.27. The number of rotatable bonds is 3. The Balaban J connectivity index is 1.73. The lowest BCUT2D eigenvalue weighted by molar-refractivity contribution is -0.129. The fourth-order valence-corrected chi connectivity index (χ4v) is 3.06. The van der Waals surface area contributed by atoms with Crippen molar-refractivity contribution in [1.82, 2.24) is 4.98 Å². The second kappa shape index (κ2) is 6.43. The molecule has 1 N–H and O–H groups in total. The fourth-order valence-electron chi connectivity index (χ4n) is 3.06. The molecule has 0 spiro atoms. The number of carbonyl (C=O) groups excluding carboxylic acids is 2. The van der Waals surface area contributed by atoms with Gasteiger partial charge < -0.3 is 10.2 Å². The maximum Gasteiger partial charge on any atom is 0.239 e. The van der Waals surface area contributed by atoms with Crippen LogP contribution in [0.25, 0.3) is 0 Å². The molecule has 2 aromatic rings. The van der Waals surface area contributed by atoms with E-state index in [2.05, 4.69) is 16.4 Å². The van der Waals surface area contributed by atoms with Gasteiger partial charge in [0, 0.05) is 17.9 Å². The van der Waals surface area contributed by atoms with Gasteiger partial charge in [-0.3, -0.25) is 14.6 Å². The molecule has 5 heteroatoms. The van der Waals surface area contributed by atoms with Gasteiger partial charge in [0.25, 0.3) is 0 Å². The minimum Gasteiger partial charge on any atom is -0.324 e. The summed E-state index contributed by atoms with van der Waals surface area (Å²) in [4.78, 5) is 31.0. The molecule has 1 unspecified atom stereocenters. The minimum atomic E-state index is -0.646. The molecule has 2 amide bonds. The molecule has 2 heterocycles. The van der Waals surface area contributed by atoms with E-state index in [-0.39, 0.29) is 11.8 Å². The number of carbonyl (C=O) groups is 2. The monoisotopic (exact) mass is 323 g/mol. The zero-order chi connectivity index (χ0) is 17.3. The van der Waals surface area contributed by atoms with Gasteiger partial charge in [-0.2, -0.15) is 0 Å². The van der Waals surface area contributed by atoms with Crippen molar-refractivity contribution < 1.29 is 9.59 Å². The van der Waals surface area contributed by atoms with Crippen LogP contribution >= 0.6 is 0 Å². The van der Waals surface area contributed by atoms with Crippen LogP contribution in [0.1, 0.15) is 23.2 Å². The average molecular weight is 323 g/mol. The quantitative estimate of drug-likeness (QED) is 0.883. The number of benzene rings is 1. The molecule has 0 radical (unpaired) electrons. The number of hydrogen-bond acceptors (Lipinski definition) is 3. The van der Waals surface area contributed by atoms with Gasteiger partial charge >= 0.3 is 0 Å². The molecule has 3 rings (SSSR count). The smallest absolute Gasteiger partial charge is 0.239 e. The van der Waals surface area contributed by atoms with Gasteiger partial charge in [-0.15, -0.1) is 0 Å². The van der Waals surface area contributed by atoms with Crippen LogP contribution in [0.2, 0.25) is 0 Å². The van der Waals surface area contributed by atoms with Gasteiger partial charge in [-0.1, -0.05) is 6.07 Å². The first-order valence-electron chi connectivity index (χ1n) is 8.07. The number of hydrogen-bond donors (Lipinski definition) is 1. The molecular formula is C19H21N3O2. The Kier molecular flexibility index (Phi) is 4.34. The predicted octanol–water partition coefficient (Wildman–Crippen LogP) is 3.00. The average Bonchev–Trinajstić information content (AvgIpc) is 2.90. The van der Waals surface area contributed by atoms with Crippen molar-refractivity contribution in [3.63, 3.8) is 0 Å². The van der Waals surface area contributed by atoms with Crippen LogP contribution in [0, 0.1) is 26.7 Å². The summed E-state index contributed by atoms with van der Waals surface area (Å²) in [7, 11) is 0. The molecule has 1 aromatic carbocycles. The first-order chi connectivity index (χ1) is 11.4. The zero-order valence-corrected chi connectivity index (χ0v) is 14.2. The molecule has 124 valence electrons. The highest BCUT2D eigenvalue weighted by molar-refractivity contribution is 6.13. The number of pyridine rings is 1. The van der Waals surface area contributed by atoms with E-state index in [0.29, 0.717) is 18.7 Å². The fraction of sp³-hybridized carbons (Fsp3) is 0.316. The van der Waals surface area contributed by atoms with E-state index in [1.54, 1.807) is 17.2 Å². The summed E-state index contributed by atoms with van der Waals surface area (Å²) in [5.74, 6) is -1.05. The molecule has 1 aromatic heterocycles. The van der Waals surface area contributed by atoms with Gasteiger partial charge in [0.15, 0.2) is 0 Å². The lowest BCUT2D eigenvalue weighted by atomic mass is 10.1. The van der Waals surface area contributed by atoms with E-state index < -0.39 is 5.92 Å². The van der Waals surface area contributed by atoms with Gasteiger partial charge in [-0.05, 0) is 62.6 Å². The molecule has 1 fully saturated rings. The Labute approximate surface area is 141 Å². The van der Waals surface area contributed by atoms with Gasteiger partial charge in [0.05, 0.1) is 11.9 Å². The molecule has 1 aliphatic heterocycles. The summed E-state index contributed by atoms with van der Waals surface area (Å²) >= 11 is 0. The first-order valence-corrected chi connectivity index (χ1v) is 8.07. The zero-order valence-electron chi connectivity index (χ0n) is 14.2. The van der Waals surface area contributed by atoms with Crippen molar-refractivity contribution in [2.45, 2.75) is 27.2 Å². The standard InChI is InChI=1S/C19H21N3O2/c1-12-8-13(2)10-16(9-12)22-7-6-17(19(22)24)18(23)21-15-5-4-14(3)20-11-15/h4-5,8-11,17H,6-7H2,1-3H3,(H,21,23). The van der Waals surface area contributed by atoms with Gasteiger partial charge in [-0.25, -0.2) is 0 Å². The summed E-state index contributed by atoms with van der Waals surface area (Å²) < 4.78 is 0. The van der Waals surface area contributed by atoms with E-state index in [9.17, 15) is 9.59 Å². The second-order valence-corrected chi connectivity index (χ2v) is 6.35. The number of aromatic nitrogens is 1. The molecule has 24 heavy (non-hydrogen) atoms. The van der Waals surface area contributed by atoms with E-state index in [1.165, 1.54) is 0 Å². The highest BCUT2D eigenvalue weighted by atomic mass is 16.2. The lowest BCUT2D eigenvalue weighted by Crippen LogP contribution is -2.33. The minimum absolute atomic E-state index is 0.141. The summed E-state index contributed by atoms with van der Waals surface area (Å²) in [6.45, 7) is 6.46. The van der Waals surface area contributed by atoms with Crippen LogP contribution in [0.5, 0.6) is 0 Å². The number of anilines is 2. The summed E-state index contributed by atoms with van der Waals surface area (Å²) in [6.07, 6.45) is 2.13. The third kappa shape index (κ3) is 3.30. The lowest BCUT2D eigenvalue weighted by Gasteiger charge is -2.18. The Morgan fingerprint density at radius 1 is 1.17 bits per heavy atom. The largest absolute Gasteiger partial charge is 0.324 e. The van der Waals surface area contributed by atoms with Gasteiger partial charge in [0.2, 0.25) is 11.8 Å². The SMILES string of the molecule is Cc1cc(C)cc(N2CCC(C(=O)Nc3ccc(C)nc3)C2=O)c1. The second-order valence-electron chi connectivity index (χ2n) is 6.35. The number of nitrogens with one attached hydrogen (secondary N) is 1. The maximum atomic E-state index is 12.7. The van der Waals surface area contributed by atoms with Crippen molar-refractivity contribution in [3.8, 4) is 0 Å². The Hall–Kier alpha value is -2.69. The van der Waals surface area contributed by atoms with Gasteiger partial charge in [0.1, 0.15) is 5.92 Å². The van der Waals surface area contributed by atoms with E-state index in [0.717, 1.165) is 22.5 Å². The molecule has 0 aliphatic carbocycles. The Morgan fingerprint density at radius 2 is 1.88 bits per heavy atom. The van der Waals surface area contributed by atoms with Crippen LogP contribution in [0.3, 0.4) is 0 Å². The first kappa shape index (κ1) is 16.2. The van der Waals surface area contributed by atoms with E-state index >= 15 is 0 Å². The molecular weight excluding hydrogens is 302 g/mol. The molecule has 1 aliphatic rings. The maximum absolute atomic E-state index is 12.7. The summed E-state index contributed by atoms with van der Waals surface area (Å²) in [5.41, 5.74) is 4.58. The van der Waals surface area contributed by atoms with E-state index in [1.807, 2.05) is 39.0 Å². The highest BCUT2D eigenvalue weighted by Gasteiger charge is 2.37. The van der Waals surface area contributed by atoms with Crippen molar-refractivity contribution in [2.75, 3.05) is 16.8 Å². The molecule has 5 nitrogen and oxygen atoms in total. The van der Waals surface area contributed by atoms with Crippen molar-refractivity contribution in [1.29, 1.82) is 0 Å². The summed E-state index contributed by atoms with van der Waals surface area (Å²) in [6, 6.07) is 9.65. The topological polar surface area (TPSA) is 62.3 Å². The van der Waals surface area contributed by atoms with E-state index in [4.69, 9.17) is 0 Å². The molecule has 1 saturated heterocycles. The number of nitrogens with zero attached hydrogens (tertiary/aromatic N) is 2. The predicted molar refractivity (Wildman–Crippen MR) is 94.0 cm³/mol. The van der Waals surface area contributed by atoms with Crippen molar-refractivity contribution in [3.05, 3.63) is 53.3 Å². The third-order valence-corrected chi connectivity index (χ3v) is 4.22. The van der Waals surface area contributed by atoms with Crippen molar-refractivity contribution in [2.24, 2.45) is 5.92 Å². The van der Waals surface area contributed by atoms with Crippen LogP contribution < -0.4 is 10.2 Å². The van der Waals surface area contributed by atoms with Crippen LogP contribution in [0.15, 0.2) is 36.5 Å². The molecule has 1 atom stereocenters. The summed E-state index contributed by atoms with van der Waals surface area (Å²) in [5, 5.41) is 2.79. The Morgan fingerprint density at radius 3 is 2.50 bits per heavy atom.